The van der Waals surface area contributed by atoms with Gasteiger partial charge in [-0.3, -0.25) is 14.7 Å². The molecule has 0 bridgehead atoms. The maximum absolute atomic E-state index is 12.6. The second-order valence-corrected chi connectivity index (χ2v) is 8.11. The number of hydrogen-bond donors (Lipinski definition) is 1. The second-order valence-electron chi connectivity index (χ2n) is 8.11. The van der Waals surface area contributed by atoms with Crippen LogP contribution in [-0.2, 0) is 16.1 Å². The monoisotopic (exact) mass is 469 g/mol. The maximum atomic E-state index is 12.6. The van der Waals surface area contributed by atoms with Crippen LogP contribution in [0.25, 0.3) is 0 Å². The van der Waals surface area contributed by atoms with Crippen molar-refractivity contribution in [2.45, 2.75) is 38.1 Å². The lowest BCUT2D eigenvalue weighted by Gasteiger charge is -2.47. The molecule has 33 heavy (non-hydrogen) atoms. The Morgan fingerprint density at radius 3 is 2.42 bits per heavy atom. The zero-order valence-electron chi connectivity index (χ0n) is 18.2. The van der Waals surface area contributed by atoms with Crippen molar-refractivity contribution < 1.29 is 37.0 Å². The van der Waals surface area contributed by atoms with Gasteiger partial charge in [-0.05, 0) is 43.5 Å². The molecular weight excluding hydrogens is 443 g/mol. The van der Waals surface area contributed by atoms with E-state index in [9.17, 15) is 18.0 Å². The number of piperidine rings is 1. The van der Waals surface area contributed by atoms with Gasteiger partial charge in [0.05, 0.1) is 12.2 Å². The Hall–Kier alpha value is -2.92. The first-order valence-corrected chi connectivity index (χ1v) is 10.5. The fraction of sp³-hybridized carbons (Fsp3) is 0.500. The molecule has 11 heteroatoms. The average Bonchev–Trinajstić information content (AvgIpc) is 3.21. The molecule has 2 aliphatic rings. The number of likely N-dealkylation sites (tertiary alicyclic amines) is 1. The van der Waals surface area contributed by atoms with Crippen molar-refractivity contribution in [1.82, 2.24) is 14.8 Å². The number of aliphatic carboxylic acids is 1. The van der Waals surface area contributed by atoms with Crippen LogP contribution in [0.3, 0.4) is 0 Å². The van der Waals surface area contributed by atoms with Gasteiger partial charge in [0.2, 0.25) is 0 Å². The van der Waals surface area contributed by atoms with Gasteiger partial charge in [0.15, 0.2) is 5.76 Å². The van der Waals surface area contributed by atoms with Crippen LogP contribution in [0.4, 0.5) is 13.2 Å². The fourth-order valence-electron chi connectivity index (χ4n) is 3.93. The standard InChI is InChI=1S/C20H25N3O3.C2HF3O2/c1-16-4-5-18(26-16)19(24)23-9-6-20(7-10-23)15-22(11-12-25-20)14-17-3-2-8-21-13-17;3-2(4,5)1(6)7/h2-5,8,13H,6-7,9-12,14-15H2,1H3;(H,6,7). The Bertz CT molecular complexity index is 940. The summed E-state index contributed by atoms with van der Waals surface area (Å²) in [6.45, 7) is 6.75. The van der Waals surface area contributed by atoms with Crippen molar-refractivity contribution >= 4 is 11.9 Å². The first kappa shape index (κ1) is 24.7. The summed E-state index contributed by atoms with van der Waals surface area (Å²) < 4.78 is 43.4. The predicted molar refractivity (Wildman–Crippen MR) is 110 cm³/mol. The molecular formula is C22H26F3N3O5. The molecule has 2 aromatic heterocycles. The van der Waals surface area contributed by atoms with Gasteiger partial charge in [-0.1, -0.05) is 6.07 Å². The fourth-order valence-corrected chi connectivity index (χ4v) is 3.93. The molecule has 2 fully saturated rings. The highest BCUT2D eigenvalue weighted by Gasteiger charge is 2.41. The number of carboxylic acids is 1. The number of ether oxygens (including phenoxy) is 1. The number of amides is 1. The molecule has 0 aliphatic carbocycles. The first-order chi connectivity index (χ1) is 15.6. The van der Waals surface area contributed by atoms with E-state index in [2.05, 4.69) is 16.0 Å². The molecule has 1 N–H and O–H groups in total. The number of pyridine rings is 1. The summed E-state index contributed by atoms with van der Waals surface area (Å²) in [6.07, 6.45) is 0.371. The number of furan rings is 1. The summed E-state index contributed by atoms with van der Waals surface area (Å²) >= 11 is 0. The number of rotatable bonds is 3. The highest BCUT2D eigenvalue weighted by molar-refractivity contribution is 5.91. The highest BCUT2D eigenvalue weighted by atomic mass is 19.4. The minimum atomic E-state index is -5.08. The molecule has 8 nitrogen and oxygen atoms in total. The number of alkyl halides is 3. The SMILES string of the molecule is Cc1ccc(C(=O)N2CCC3(CC2)CN(Cc2cccnc2)CCO3)o1.O=C(O)C(F)(F)F. The summed E-state index contributed by atoms with van der Waals surface area (Å²) in [5, 5.41) is 7.12. The summed E-state index contributed by atoms with van der Waals surface area (Å²) in [7, 11) is 0. The number of halogens is 3. The molecule has 1 spiro atoms. The largest absolute Gasteiger partial charge is 0.490 e. The van der Waals surface area contributed by atoms with Crippen LogP contribution in [0.2, 0.25) is 0 Å². The number of aryl methyl sites for hydroxylation is 1. The van der Waals surface area contributed by atoms with Gasteiger partial charge in [0.25, 0.3) is 5.91 Å². The highest BCUT2D eigenvalue weighted by Crippen LogP contribution is 2.31. The van der Waals surface area contributed by atoms with E-state index in [1.165, 1.54) is 5.56 Å². The Morgan fingerprint density at radius 1 is 1.18 bits per heavy atom. The summed E-state index contributed by atoms with van der Waals surface area (Å²) in [6, 6.07) is 7.68. The van der Waals surface area contributed by atoms with E-state index in [1.54, 1.807) is 12.3 Å². The molecule has 1 amide bonds. The van der Waals surface area contributed by atoms with Crippen molar-refractivity contribution in [2.24, 2.45) is 0 Å². The molecule has 2 saturated heterocycles. The first-order valence-electron chi connectivity index (χ1n) is 10.5. The topological polar surface area (TPSA) is 96.1 Å². The van der Waals surface area contributed by atoms with Crippen molar-refractivity contribution in [3.8, 4) is 0 Å². The number of carboxylic acid groups (broad SMARTS) is 1. The van der Waals surface area contributed by atoms with E-state index < -0.39 is 12.1 Å². The summed E-state index contributed by atoms with van der Waals surface area (Å²) in [5.74, 6) is -1.58. The van der Waals surface area contributed by atoms with Crippen LogP contribution in [0.5, 0.6) is 0 Å². The van der Waals surface area contributed by atoms with Gasteiger partial charge < -0.3 is 19.2 Å². The molecule has 180 valence electrons. The van der Waals surface area contributed by atoms with Crippen LogP contribution in [0, 0.1) is 6.92 Å². The third kappa shape index (κ3) is 6.78. The molecule has 0 aromatic carbocycles. The third-order valence-electron chi connectivity index (χ3n) is 5.61. The molecule has 0 saturated carbocycles. The Balaban J connectivity index is 0.000000383. The van der Waals surface area contributed by atoms with Gasteiger partial charge in [0, 0.05) is 45.1 Å². The molecule has 4 heterocycles. The zero-order chi connectivity index (χ0) is 24.1. The Morgan fingerprint density at radius 2 is 1.88 bits per heavy atom. The number of hydrogen-bond acceptors (Lipinski definition) is 6. The number of carbonyl (C=O) groups excluding carboxylic acids is 1. The molecule has 0 atom stereocenters. The summed E-state index contributed by atoms with van der Waals surface area (Å²) in [4.78, 5) is 30.0. The maximum Gasteiger partial charge on any atom is 0.490 e. The lowest BCUT2D eigenvalue weighted by Crippen LogP contribution is -2.57. The Kier molecular flexibility index (Phi) is 7.75. The van der Waals surface area contributed by atoms with Gasteiger partial charge in [-0.2, -0.15) is 13.2 Å². The zero-order valence-corrected chi connectivity index (χ0v) is 18.2. The van der Waals surface area contributed by atoms with Crippen molar-refractivity contribution in [2.75, 3.05) is 32.8 Å². The van der Waals surface area contributed by atoms with E-state index in [4.69, 9.17) is 19.1 Å². The van der Waals surface area contributed by atoms with Gasteiger partial charge in [-0.25, -0.2) is 4.79 Å². The van der Waals surface area contributed by atoms with E-state index in [0.717, 1.165) is 44.8 Å². The predicted octanol–water partition coefficient (Wildman–Crippen LogP) is 3.12. The van der Waals surface area contributed by atoms with Crippen LogP contribution in [0.1, 0.15) is 34.7 Å². The normalized spacial score (nSPS) is 18.5. The number of morpholine rings is 1. The van der Waals surface area contributed by atoms with Crippen LogP contribution in [-0.4, -0.2) is 76.3 Å². The minimum Gasteiger partial charge on any atom is -0.475 e. The van der Waals surface area contributed by atoms with Gasteiger partial charge in [0.1, 0.15) is 5.76 Å². The molecule has 0 unspecified atom stereocenters. The Labute approximate surface area is 188 Å². The quantitative estimate of drug-likeness (QED) is 0.738. The van der Waals surface area contributed by atoms with Crippen molar-refractivity contribution in [3.63, 3.8) is 0 Å². The van der Waals surface area contributed by atoms with E-state index in [-0.39, 0.29) is 11.5 Å². The lowest BCUT2D eigenvalue weighted by atomic mass is 9.89. The average molecular weight is 469 g/mol. The second kappa shape index (κ2) is 10.3. The van der Waals surface area contributed by atoms with Crippen LogP contribution < -0.4 is 0 Å². The van der Waals surface area contributed by atoms with Crippen LogP contribution >= 0.6 is 0 Å². The van der Waals surface area contributed by atoms with E-state index in [0.29, 0.717) is 18.8 Å². The number of nitrogens with zero attached hydrogens (tertiary/aromatic N) is 3. The molecule has 2 aromatic rings. The lowest BCUT2D eigenvalue weighted by molar-refractivity contribution is -0.192. The molecule has 2 aliphatic heterocycles. The third-order valence-corrected chi connectivity index (χ3v) is 5.61. The number of carbonyl (C=O) groups is 2. The van der Waals surface area contributed by atoms with Crippen molar-refractivity contribution in [1.29, 1.82) is 0 Å². The summed E-state index contributed by atoms with van der Waals surface area (Å²) in [5.41, 5.74) is 1.08. The number of aromatic nitrogens is 1. The molecule has 0 radical (unpaired) electrons. The molecule has 4 rings (SSSR count). The van der Waals surface area contributed by atoms with E-state index in [1.807, 2.05) is 30.2 Å². The van der Waals surface area contributed by atoms with Gasteiger partial charge >= 0.3 is 12.1 Å². The smallest absolute Gasteiger partial charge is 0.475 e. The van der Waals surface area contributed by atoms with Crippen molar-refractivity contribution in [3.05, 3.63) is 53.7 Å². The van der Waals surface area contributed by atoms with E-state index >= 15 is 0 Å². The van der Waals surface area contributed by atoms with Crippen LogP contribution in [0.15, 0.2) is 41.1 Å². The minimum absolute atomic E-state index is 0.0176. The van der Waals surface area contributed by atoms with Gasteiger partial charge in [-0.15, -0.1) is 0 Å².